The zero-order valence-electron chi connectivity index (χ0n) is 14.7. The van der Waals surface area contributed by atoms with E-state index in [-0.39, 0.29) is 12.1 Å². The predicted molar refractivity (Wildman–Crippen MR) is 99.5 cm³/mol. The van der Waals surface area contributed by atoms with Gasteiger partial charge in [-0.2, -0.15) is 0 Å². The van der Waals surface area contributed by atoms with Gasteiger partial charge in [0.2, 0.25) is 0 Å². The van der Waals surface area contributed by atoms with Gasteiger partial charge in [-0.25, -0.2) is 9.78 Å². The third-order valence-corrected chi connectivity index (χ3v) is 5.93. The van der Waals surface area contributed by atoms with E-state index in [1.807, 2.05) is 37.2 Å². The van der Waals surface area contributed by atoms with Crippen molar-refractivity contribution in [2.24, 2.45) is 0 Å². The molecule has 1 saturated heterocycles. The summed E-state index contributed by atoms with van der Waals surface area (Å²) in [7, 11) is 4.06. The lowest BCUT2D eigenvalue weighted by Crippen LogP contribution is -2.47. The molecule has 3 rings (SSSR count). The van der Waals surface area contributed by atoms with Crippen LogP contribution in [-0.2, 0) is 0 Å². The van der Waals surface area contributed by atoms with Gasteiger partial charge < -0.3 is 15.1 Å². The average Bonchev–Trinajstić information content (AvgIpc) is 3.03. The van der Waals surface area contributed by atoms with Crippen LogP contribution in [0.15, 0.2) is 24.3 Å². The second kappa shape index (κ2) is 7.49. The summed E-state index contributed by atoms with van der Waals surface area (Å²) >= 11 is 1.71. The number of aromatic nitrogens is 1. The fraction of sp³-hybridized carbons (Fsp3) is 0.556. The average molecular weight is 347 g/mol. The maximum atomic E-state index is 12.7. The minimum atomic E-state index is 0.0349. The Balaban J connectivity index is 1.74. The highest BCUT2D eigenvalue weighted by Crippen LogP contribution is 2.35. The molecule has 0 unspecified atom stereocenters. The Kier molecular flexibility index (Phi) is 5.36. The summed E-state index contributed by atoms with van der Waals surface area (Å²) in [6.45, 7) is 3.58. The van der Waals surface area contributed by atoms with Crippen LogP contribution in [0.2, 0.25) is 0 Å². The van der Waals surface area contributed by atoms with Crippen molar-refractivity contribution in [2.45, 2.75) is 38.3 Å². The molecule has 5 nitrogen and oxygen atoms in total. The number of rotatable bonds is 4. The van der Waals surface area contributed by atoms with Gasteiger partial charge in [0.1, 0.15) is 5.01 Å². The number of benzene rings is 1. The number of carbonyl (C=O) groups is 1. The third-order valence-electron chi connectivity index (χ3n) is 4.79. The number of nitrogens with one attached hydrogen (secondary N) is 1. The van der Waals surface area contributed by atoms with Crippen molar-refractivity contribution in [3.63, 3.8) is 0 Å². The molecule has 2 heterocycles. The molecule has 6 heteroatoms. The summed E-state index contributed by atoms with van der Waals surface area (Å²) in [5, 5.41) is 4.15. The van der Waals surface area contributed by atoms with Crippen LogP contribution in [0.5, 0.6) is 0 Å². The minimum Gasteiger partial charge on any atom is -0.336 e. The van der Waals surface area contributed by atoms with Gasteiger partial charge in [-0.3, -0.25) is 0 Å². The molecule has 1 fully saturated rings. The van der Waals surface area contributed by atoms with E-state index in [4.69, 9.17) is 4.98 Å². The second-order valence-corrected chi connectivity index (χ2v) is 7.79. The Morgan fingerprint density at radius 2 is 2.21 bits per heavy atom. The third kappa shape index (κ3) is 3.70. The van der Waals surface area contributed by atoms with Crippen LogP contribution < -0.4 is 5.32 Å². The maximum absolute atomic E-state index is 12.7. The van der Waals surface area contributed by atoms with Crippen LogP contribution in [-0.4, -0.2) is 54.0 Å². The van der Waals surface area contributed by atoms with Crippen LogP contribution in [0.1, 0.15) is 37.2 Å². The van der Waals surface area contributed by atoms with Crippen LogP contribution >= 0.6 is 11.3 Å². The number of likely N-dealkylation sites (tertiary alicyclic amines) is 1. The number of piperidine rings is 1. The van der Waals surface area contributed by atoms with Crippen LogP contribution in [0.4, 0.5) is 4.79 Å². The highest BCUT2D eigenvalue weighted by atomic mass is 32.1. The predicted octanol–water partition coefficient (Wildman–Crippen LogP) is 3.48. The maximum Gasteiger partial charge on any atom is 0.318 e. The quantitative estimate of drug-likeness (QED) is 0.922. The molecular formula is C18H26N4OS. The summed E-state index contributed by atoms with van der Waals surface area (Å²) in [5.41, 5.74) is 1.03. The van der Waals surface area contributed by atoms with Gasteiger partial charge in [0.05, 0.1) is 16.3 Å². The van der Waals surface area contributed by atoms with Gasteiger partial charge in [-0.05, 0) is 52.4 Å². The molecule has 0 bridgehead atoms. The highest BCUT2D eigenvalue weighted by molar-refractivity contribution is 7.18. The molecule has 130 valence electrons. The van der Waals surface area contributed by atoms with Crippen molar-refractivity contribution in [3.8, 4) is 0 Å². The first kappa shape index (κ1) is 17.2. The molecule has 0 spiro atoms. The van der Waals surface area contributed by atoms with E-state index in [9.17, 15) is 4.79 Å². The van der Waals surface area contributed by atoms with Gasteiger partial charge in [-0.15, -0.1) is 11.3 Å². The van der Waals surface area contributed by atoms with Crippen molar-refractivity contribution < 1.29 is 4.79 Å². The molecule has 1 aliphatic heterocycles. The first-order valence-electron chi connectivity index (χ1n) is 8.62. The van der Waals surface area contributed by atoms with Gasteiger partial charge in [-0.1, -0.05) is 12.1 Å². The fourth-order valence-electron chi connectivity index (χ4n) is 2.98. The standard InChI is InChI=1S/C18H26N4OS/c1-13(21(2)3)12-19-18(23)22-11-7-6-9-15(22)17-20-14-8-4-5-10-16(14)24-17/h4-5,8,10,13,15H,6-7,9,11-12H2,1-3H3,(H,19,23)/t13-,15+/m0/s1. The molecule has 1 N–H and O–H groups in total. The van der Waals surface area contributed by atoms with Crippen LogP contribution in [0, 0.1) is 0 Å². The van der Waals surface area contributed by atoms with E-state index in [1.54, 1.807) is 11.3 Å². The highest BCUT2D eigenvalue weighted by Gasteiger charge is 2.30. The SMILES string of the molecule is C[C@@H](CNC(=O)N1CCCC[C@@H]1c1nc2ccccc2s1)N(C)C. The summed E-state index contributed by atoms with van der Waals surface area (Å²) in [6.07, 6.45) is 3.22. The number of hydrogen-bond donors (Lipinski definition) is 1. The number of nitrogens with zero attached hydrogens (tertiary/aromatic N) is 3. The monoisotopic (exact) mass is 346 g/mol. The Morgan fingerprint density at radius 3 is 2.96 bits per heavy atom. The Labute approximate surface area is 147 Å². The molecule has 1 aromatic heterocycles. The van der Waals surface area contributed by atoms with E-state index < -0.39 is 0 Å². The van der Waals surface area contributed by atoms with Gasteiger partial charge in [0, 0.05) is 19.1 Å². The number of carbonyl (C=O) groups excluding carboxylic acids is 1. The van der Waals surface area contributed by atoms with E-state index in [0.29, 0.717) is 12.6 Å². The fourth-order valence-corrected chi connectivity index (χ4v) is 4.10. The number of amides is 2. The van der Waals surface area contributed by atoms with Gasteiger partial charge in [0.15, 0.2) is 0 Å². The van der Waals surface area contributed by atoms with E-state index in [1.165, 1.54) is 4.70 Å². The molecule has 0 aliphatic carbocycles. The Morgan fingerprint density at radius 1 is 1.42 bits per heavy atom. The summed E-state index contributed by atoms with van der Waals surface area (Å²) in [4.78, 5) is 21.6. The molecule has 2 atom stereocenters. The molecule has 0 saturated carbocycles. The van der Waals surface area contributed by atoms with Crippen molar-refractivity contribution in [1.29, 1.82) is 0 Å². The summed E-state index contributed by atoms with van der Waals surface area (Å²) in [5.74, 6) is 0. The summed E-state index contributed by atoms with van der Waals surface area (Å²) in [6, 6.07) is 8.65. The first-order chi connectivity index (χ1) is 11.6. The zero-order valence-corrected chi connectivity index (χ0v) is 15.5. The summed E-state index contributed by atoms with van der Waals surface area (Å²) < 4.78 is 1.19. The van der Waals surface area contributed by atoms with Crippen molar-refractivity contribution in [1.82, 2.24) is 20.1 Å². The Bertz CT molecular complexity index is 666. The molecule has 1 aromatic carbocycles. The van der Waals surface area contributed by atoms with Crippen molar-refractivity contribution >= 4 is 27.6 Å². The minimum absolute atomic E-state index is 0.0349. The number of likely N-dealkylation sites (N-methyl/N-ethyl adjacent to an activating group) is 1. The number of hydrogen-bond acceptors (Lipinski definition) is 4. The van der Waals surface area contributed by atoms with E-state index in [0.717, 1.165) is 36.3 Å². The molecule has 2 aromatic rings. The van der Waals surface area contributed by atoms with Gasteiger partial charge in [0.25, 0.3) is 0 Å². The molecule has 24 heavy (non-hydrogen) atoms. The molecule has 0 radical (unpaired) electrons. The lowest BCUT2D eigenvalue weighted by molar-refractivity contribution is 0.149. The van der Waals surface area contributed by atoms with Crippen molar-refractivity contribution in [3.05, 3.63) is 29.3 Å². The Hall–Kier alpha value is -1.66. The van der Waals surface area contributed by atoms with Gasteiger partial charge >= 0.3 is 6.03 Å². The first-order valence-corrected chi connectivity index (χ1v) is 9.44. The molecular weight excluding hydrogens is 320 g/mol. The number of para-hydroxylation sites is 1. The van der Waals surface area contributed by atoms with Crippen molar-refractivity contribution in [2.75, 3.05) is 27.2 Å². The number of thiazole rings is 1. The second-order valence-electron chi connectivity index (χ2n) is 6.72. The van der Waals surface area contributed by atoms with Crippen LogP contribution in [0.3, 0.4) is 0 Å². The van der Waals surface area contributed by atoms with E-state index >= 15 is 0 Å². The topological polar surface area (TPSA) is 48.5 Å². The molecule has 2 amide bonds. The van der Waals surface area contributed by atoms with Crippen LogP contribution in [0.25, 0.3) is 10.2 Å². The smallest absolute Gasteiger partial charge is 0.318 e. The number of urea groups is 1. The lowest BCUT2D eigenvalue weighted by atomic mass is 10.0. The molecule has 1 aliphatic rings. The number of fused-ring (bicyclic) bond motifs is 1. The normalized spacial score (nSPS) is 19.7. The lowest BCUT2D eigenvalue weighted by Gasteiger charge is -2.35. The van der Waals surface area contributed by atoms with E-state index in [2.05, 4.69) is 23.2 Å². The zero-order chi connectivity index (χ0) is 17.1. The largest absolute Gasteiger partial charge is 0.336 e.